The van der Waals surface area contributed by atoms with Crippen molar-refractivity contribution in [3.8, 4) is 0 Å². The van der Waals surface area contributed by atoms with Crippen LogP contribution in [-0.2, 0) is 24.7 Å². The molecule has 0 N–H and O–H groups in total. The van der Waals surface area contributed by atoms with Gasteiger partial charge < -0.3 is 4.74 Å². The molecule has 0 spiro atoms. The predicted octanol–water partition coefficient (Wildman–Crippen LogP) is 0.0475. The standard InChI is InChI=1S/C5H9ClO5S/c1-2-10-5(7)3-4(6)11-12(8)9/h4,12H,2-3H2,1H3. The Balaban J connectivity index is 3.68. The molecule has 0 radical (unpaired) electrons. The van der Waals surface area contributed by atoms with E-state index in [1.165, 1.54) is 0 Å². The number of halogens is 1. The van der Waals surface area contributed by atoms with Gasteiger partial charge in [-0.25, -0.2) is 8.42 Å². The number of rotatable bonds is 5. The molecule has 1 unspecified atom stereocenters. The maximum absolute atomic E-state index is 10.7. The van der Waals surface area contributed by atoms with E-state index in [4.69, 9.17) is 11.6 Å². The molecule has 12 heavy (non-hydrogen) atoms. The highest BCUT2D eigenvalue weighted by Crippen LogP contribution is 2.05. The van der Waals surface area contributed by atoms with Crippen molar-refractivity contribution in [1.29, 1.82) is 0 Å². The van der Waals surface area contributed by atoms with Crippen molar-refractivity contribution in [3.63, 3.8) is 0 Å². The maximum Gasteiger partial charge on any atom is 0.309 e. The molecule has 0 aliphatic rings. The highest BCUT2D eigenvalue weighted by molar-refractivity contribution is 7.67. The first-order valence-electron chi connectivity index (χ1n) is 3.17. The Kier molecular flexibility index (Phi) is 6.04. The molecule has 0 rings (SSSR count). The summed E-state index contributed by atoms with van der Waals surface area (Å²) < 4.78 is 28.4. The zero-order chi connectivity index (χ0) is 9.56. The van der Waals surface area contributed by atoms with Crippen LogP contribution in [0.4, 0.5) is 0 Å². The number of ether oxygens (including phenoxy) is 1. The molecule has 0 fully saturated rings. The minimum atomic E-state index is -3.02. The Labute approximate surface area is 76.8 Å². The van der Waals surface area contributed by atoms with Crippen LogP contribution in [0.5, 0.6) is 0 Å². The van der Waals surface area contributed by atoms with Gasteiger partial charge in [-0.2, -0.15) is 0 Å². The number of alkyl halides is 1. The first-order chi connectivity index (χ1) is 5.56. The molecule has 0 aromatic heterocycles. The molecule has 72 valence electrons. The Morgan fingerprint density at radius 3 is 2.58 bits per heavy atom. The molecule has 0 aromatic carbocycles. The smallest absolute Gasteiger partial charge is 0.309 e. The molecule has 0 aliphatic carbocycles. The van der Waals surface area contributed by atoms with Gasteiger partial charge in [-0.3, -0.25) is 8.98 Å². The van der Waals surface area contributed by atoms with Gasteiger partial charge in [0.2, 0.25) is 0 Å². The average molecular weight is 217 g/mol. The predicted molar refractivity (Wildman–Crippen MR) is 42.3 cm³/mol. The summed E-state index contributed by atoms with van der Waals surface area (Å²) in [5, 5.41) is 0. The van der Waals surface area contributed by atoms with Gasteiger partial charge in [0.15, 0.2) is 5.56 Å². The lowest BCUT2D eigenvalue weighted by molar-refractivity contribution is -0.144. The van der Waals surface area contributed by atoms with Crippen LogP contribution >= 0.6 is 11.6 Å². The van der Waals surface area contributed by atoms with Crippen LogP contribution in [0, 0.1) is 0 Å². The van der Waals surface area contributed by atoms with E-state index in [0.29, 0.717) is 0 Å². The number of carbonyl (C=O) groups excluding carboxylic acids is 1. The number of thiol groups is 1. The normalized spacial score (nSPS) is 12.9. The molecule has 7 heteroatoms. The second-order valence-corrected chi connectivity index (χ2v) is 2.89. The quantitative estimate of drug-likeness (QED) is 0.400. The lowest BCUT2D eigenvalue weighted by Gasteiger charge is -2.04. The third kappa shape index (κ3) is 6.38. The zero-order valence-electron chi connectivity index (χ0n) is 6.36. The highest BCUT2D eigenvalue weighted by atomic mass is 35.5. The van der Waals surface area contributed by atoms with Crippen LogP contribution in [0.2, 0.25) is 0 Å². The number of carbonyl (C=O) groups is 1. The van der Waals surface area contributed by atoms with Crippen molar-refractivity contribution in [1.82, 2.24) is 0 Å². The lowest BCUT2D eigenvalue weighted by atomic mass is 10.5. The van der Waals surface area contributed by atoms with Crippen molar-refractivity contribution < 1.29 is 22.1 Å². The van der Waals surface area contributed by atoms with Gasteiger partial charge >= 0.3 is 5.97 Å². The Hall–Kier alpha value is -0.330. The van der Waals surface area contributed by atoms with Crippen molar-refractivity contribution >= 4 is 28.6 Å². The molecular formula is C5H9ClO5S. The SMILES string of the molecule is CCOC(=O)CC(Cl)O[SH](=O)=O. The first-order valence-corrected chi connectivity index (χ1v) is 4.70. The fraction of sp³-hybridized carbons (Fsp3) is 0.800. The van der Waals surface area contributed by atoms with E-state index >= 15 is 0 Å². The van der Waals surface area contributed by atoms with E-state index in [2.05, 4.69) is 8.92 Å². The van der Waals surface area contributed by atoms with Gasteiger partial charge in [0.05, 0.1) is 13.0 Å². The third-order valence-corrected chi connectivity index (χ3v) is 1.63. The fourth-order valence-electron chi connectivity index (χ4n) is 0.482. The Bertz CT molecular complexity index is 206. The summed E-state index contributed by atoms with van der Waals surface area (Å²) in [5.74, 6) is -0.589. The molecule has 0 saturated heterocycles. The molecule has 0 amide bonds. The van der Waals surface area contributed by atoms with Crippen LogP contribution in [-0.4, -0.2) is 26.6 Å². The summed E-state index contributed by atoms with van der Waals surface area (Å²) in [6.45, 7) is 1.86. The minimum absolute atomic E-state index is 0.228. The van der Waals surface area contributed by atoms with E-state index in [1.807, 2.05) is 0 Å². The van der Waals surface area contributed by atoms with Crippen LogP contribution in [0.15, 0.2) is 0 Å². The van der Waals surface area contributed by atoms with E-state index in [0.717, 1.165) is 0 Å². The molecule has 1 atom stereocenters. The summed E-state index contributed by atoms with van der Waals surface area (Å²) in [6, 6.07) is 0. The van der Waals surface area contributed by atoms with Crippen molar-refractivity contribution in [2.75, 3.05) is 6.61 Å². The average Bonchev–Trinajstić information content (AvgIpc) is 1.84. The number of hydrogen-bond acceptors (Lipinski definition) is 5. The van der Waals surface area contributed by atoms with Crippen molar-refractivity contribution in [2.24, 2.45) is 0 Å². The van der Waals surface area contributed by atoms with Crippen LogP contribution in [0.3, 0.4) is 0 Å². The number of esters is 1. The highest BCUT2D eigenvalue weighted by Gasteiger charge is 2.12. The maximum atomic E-state index is 10.7. The van der Waals surface area contributed by atoms with E-state index < -0.39 is 22.5 Å². The minimum Gasteiger partial charge on any atom is -0.466 e. The Morgan fingerprint density at radius 1 is 1.58 bits per heavy atom. The van der Waals surface area contributed by atoms with Crippen molar-refractivity contribution in [2.45, 2.75) is 18.9 Å². The summed E-state index contributed by atoms with van der Waals surface area (Å²) in [6.07, 6.45) is -0.279. The molecule has 0 aromatic rings. The number of hydrogen-bond donors (Lipinski definition) is 1. The first kappa shape index (κ1) is 11.7. The largest absolute Gasteiger partial charge is 0.466 e. The third-order valence-electron chi connectivity index (χ3n) is 0.833. The van der Waals surface area contributed by atoms with Gasteiger partial charge in [-0.05, 0) is 6.92 Å². The summed E-state index contributed by atoms with van der Waals surface area (Å²) >= 11 is 5.30. The molecule has 0 heterocycles. The summed E-state index contributed by atoms with van der Waals surface area (Å²) in [5.41, 5.74) is -1.18. The summed E-state index contributed by atoms with van der Waals surface area (Å²) in [4.78, 5) is 10.7. The summed E-state index contributed by atoms with van der Waals surface area (Å²) in [7, 11) is -3.02. The molecule has 0 bridgehead atoms. The molecule has 0 aliphatic heterocycles. The van der Waals surface area contributed by atoms with Gasteiger partial charge in [0.25, 0.3) is 11.0 Å². The molecule has 0 saturated carbocycles. The van der Waals surface area contributed by atoms with E-state index in [9.17, 15) is 13.2 Å². The lowest BCUT2D eigenvalue weighted by Crippen LogP contribution is -2.13. The van der Waals surface area contributed by atoms with Gasteiger partial charge in [0.1, 0.15) is 0 Å². The second kappa shape index (κ2) is 6.22. The monoisotopic (exact) mass is 216 g/mol. The topological polar surface area (TPSA) is 69.7 Å². The van der Waals surface area contributed by atoms with Crippen LogP contribution < -0.4 is 0 Å². The van der Waals surface area contributed by atoms with Crippen LogP contribution in [0.1, 0.15) is 13.3 Å². The van der Waals surface area contributed by atoms with Gasteiger partial charge in [-0.1, -0.05) is 11.6 Å². The van der Waals surface area contributed by atoms with Crippen molar-refractivity contribution in [3.05, 3.63) is 0 Å². The zero-order valence-corrected chi connectivity index (χ0v) is 8.01. The molecule has 5 nitrogen and oxygen atoms in total. The fourth-order valence-corrected chi connectivity index (χ4v) is 1.06. The van der Waals surface area contributed by atoms with E-state index in [1.54, 1.807) is 6.92 Å². The molecular weight excluding hydrogens is 208 g/mol. The second-order valence-electron chi connectivity index (χ2n) is 1.75. The Morgan fingerprint density at radius 2 is 2.17 bits per heavy atom. The van der Waals surface area contributed by atoms with Gasteiger partial charge in [-0.15, -0.1) is 0 Å². The van der Waals surface area contributed by atoms with Crippen LogP contribution in [0.25, 0.3) is 0 Å². The van der Waals surface area contributed by atoms with Gasteiger partial charge in [0, 0.05) is 0 Å². The van der Waals surface area contributed by atoms with E-state index in [-0.39, 0.29) is 13.0 Å².